The second kappa shape index (κ2) is 7.70. The van der Waals surface area contributed by atoms with Crippen molar-refractivity contribution >= 4 is 11.8 Å². The van der Waals surface area contributed by atoms with Crippen molar-refractivity contribution in [3.05, 3.63) is 29.8 Å². The fourth-order valence-electron chi connectivity index (χ4n) is 2.71. The molecule has 0 spiro atoms. The molecule has 0 aliphatic heterocycles. The number of hydrogen-bond acceptors (Lipinski definition) is 3. The summed E-state index contributed by atoms with van der Waals surface area (Å²) >= 11 is 0.810. The van der Waals surface area contributed by atoms with Gasteiger partial charge in [0.05, 0.1) is 11.9 Å². The lowest BCUT2D eigenvalue weighted by atomic mass is 9.92. The Bertz CT molecular complexity index is 455. The lowest BCUT2D eigenvalue weighted by Crippen LogP contribution is -2.36. The number of aliphatic hydroxyl groups excluding tert-OH is 1. The summed E-state index contributed by atoms with van der Waals surface area (Å²) in [4.78, 5) is 0.633. The average molecular weight is 333 g/mol. The van der Waals surface area contributed by atoms with E-state index >= 15 is 0 Å². The second-order valence-corrected chi connectivity index (χ2v) is 6.92. The first-order chi connectivity index (χ1) is 10.3. The van der Waals surface area contributed by atoms with Crippen LogP contribution < -0.4 is 5.32 Å². The number of thioether (sulfide) groups is 1. The van der Waals surface area contributed by atoms with Crippen molar-refractivity contribution in [1.29, 1.82) is 0 Å². The SMILES string of the molecule is CC(NC1CCC(O)CC1)c1ccc(SCC(F)(F)F)cc1. The zero-order valence-corrected chi connectivity index (χ0v) is 13.4. The van der Waals surface area contributed by atoms with Gasteiger partial charge in [-0.2, -0.15) is 13.2 Å². The minimum absolute atomic E-state index is 0.155. The van der Waals surface area contributed by atoms with Crippen molar-refractivity contribution in [2.75, 3.05) is 5.75 Å². The fraction of sp³-hybridized carbons (Fsp3) is 0.625. The Labute approximate surface area is 133 Å². The van der Waals surface area contributed by atoms with Crippen molar-refractivity contribution < 1.29 is 18.3 Å². The molecular weight excluding hydrogens is 311 g/mol. The number of hydrogen-bond donors (Lipinski definition) is 2. The molecular formula is C16H22F3NOS. The standard InChI is InChI=1S/C16H22F3NOS/c1-11(20-13-4-6-14(21)7-5-13)12-2-8-15(9-3-12)22-10-16(17,18)19/h2-3,8-9,11,13-14,20-21H,4-7,10H2,1H3. The maximum Gasteiger partial charge on any atom is 0.398 e. The van der Waals surface area contributed by atoms with Gasteiger partial charge in [0.1, 0.15) is 0 Å². The van der Waals surface area contributed by atoms with E-state index in [2.05, 4.69) is 12.2 Å². The number of halogens is 3. The molecule has 0 saturated heterocycles. The Balaban J connectivity index is 1.84. The van der Waals surface area contributed by atoms with Crippen LogP contribution in [0.15, 0.2) is 29.2 Å². The Hall–Kier alpha value is -0.720. The van der Waals surface area contributed by atoms with Crippen LogP contribution in [0.3, 0.4) is 0 Å². The summed E-state index contributed by atoms with van der Waals surface area (Å²) in [7, 11) is 0. The van der Waals surface area contributed by atoms with Gasteiger partial charge in [-0.3, -0.25) is 0 Å². The van der Waals surface area contributed by atoms with Crippen LogP contribution in [0, 0.1) is 0 Å². The molecule has 2 rings (SSSR count). The van der Waals surface area contributed by atoms with Crippen LogP contribution in [0.4, 0.5) is 13.2 Å². The summed E-state index contributed by atoms with van der Waals surface area (Å²) in [6.07, 6.45) is -0.715. The molecule has 1 atom stereocenters. The second-order valence-electron chi connectivity index (χ2n) is 5.87. The van der Waals surface area contributed by atoms with E-state index in [9.17, 15) is 18.3 Å². The van der Waals surface area contributed by atoms with Crippen LogP contribution in [0.2, 0.25) is 0 Å². The third kappa shape index (κ3) is 5.82. The van der Waals surface area contributed by atoms with Crippen molar-refractivity contribution in [2.45, 2.75) is 61.9 Å². The molecule has 2 N–H and O–H groups in total. The molecule has 2 nitrogen and oxygen atoms in total. The first-order valence-electron chi connectivity index (χ1n) is 7.57. The molecule has 124 valence electrons. The molecule has 1 unspecified atom stereocenters. The van der Waals surface area contributed by atoms with E-state index in [0.29, 0.717) is 10.9 Å². The van der Waals surface area contributed by atoms with Gasteiger partial charge in [-0.25, -0.2) is 0 Å². The van der Waals surface area contributed by atoms with E-state index in [-0.39, 0.29) is 12.1 Å². The molecule has 1 fully saturated rings. The number of aliphatic hydroxyl groups is 1. The predicted molar refractivity (Wildman–Crippen MR) is 83.0 cm³/mol. The molecule has 6 heteroatoms. The van der Waals surface area contributed by atoms with Crippen LogP contribution in [0.1, 0.15) is 44.2 Å². The van der Waals surface area contributed by atoms with Gasteiger partial charge >= 0.3 is 6.18 Å². The molecule has 0 amide bonds. The maximum absolute atomic E-state index is 12.2. The van der Waals surface area contributed by atoms with Gasteiger partial charge in [0.2, 0.25) is 0 Å². The minimum Gasteiger partial charge on any atom is -0.393 e. The van der Waals surface area contributed by atoms with E-state index < -0.39 is 11.9 Å². The zero-order chi connectivity index (χ0) is 16.2. The van der Waals surface area contributed by atoms with Crippen molar-refractivity contribution in [2.24, 2.45) is 0 Å². The number of alkyl halides is 3. The summed E-state index contributed by atoms with van der Waals surface area (Å²) in [6.45, 7) is 2.06. The Morgan fingerprint density at radius 3 is 2.32 bits per heavy atom. The fourth-order valence-corrected chi connectivity index (χ4v) is 3.37. The quantitative estimate of drug-likeness (QED) is 0.788. The largest absolute Gasteiger partial charge is 0.398 e. The Morgan fingerprint density at radius 2 is 1.77 bits per heavy atom. The highest BCUT2D eigenvalue weighted by atomic mass is 32.2. The maximum atomic E-state index is 12.2. The van der Waals surface area contributed by atoms with E-state index in [0.717, 1.165) is 43.0 Å². The van der Waals surface area contributed by atoms with Crippen molar-refractivity contribution in [3.8, 4) is 0 Å². The highest BCUT2D eigenvalue weighted by Crippen LogP contribution is 2.28. The van der Waals surface area contributed by atoms with Crippen LogP contribution >= 0.6 is 11.8 Å². The molecule has 1 aliphatic carbocycles. The van der Waals surface area contributed by atoms with Gasteiger partial charge in [0.15, 0.2) is 0 Å². The summed E-state index contributed by atoms with van der Waals surface area (Å²) in [6, 6.07) is 7.81. The molecule has 0 heterocycles. The molecule has 0 aromatic heterocycles. The Kier molecular flexibility index (Phi) is 6.17. The van der Waals surface area contributed by atoms with Gasteiger partial charge in [-0.1, -0.05) is 12.1 Å². The van der Waals surface area contributed by atoms with Crippen LogP contribution in [0.5, 0.6) is 0 Å². The van der Waals surface area contributed by atoms with E-state index in [1.807, 2.05) is 12.1 Å². The van der Waals surface area contributed by atoms with Crippen LogP contribution in [-0.4, -0.2) is 29.2 Å². The topological polar surface area (TPSA) is 32.3 Å². The normalized spacial score (nSPS) is 24.2. The van der Waals surface area contributed by atoms with Crippen molar-refractivity contribution in [3.63, 3.8) is 0 Å². The first-order valence-corrected chi connectivity index (χ1v) is 8.55. The lowest BCUT2D eigenvalue weighted by Gasteiger charge is -2.29. The van der Waals surface area contributed by atoms with Gasteiger partial charge in [-0.15, -0.1) is 11.8 Å². The van der Waals surface area contributed by atoms with E-state index in [1.54, 1.807) is 12.1 Å². The van der Waals surface area contributed by atoms with Gasteiger partial charge in [0, 0.05) is 17.0 Å². The molecule has 0 radical (unpaired) electrons. The summed E-state index contributed by atoms with van der Waals surface area (Å²) in [5.41, 5.74) is 1.07. The summed E-state index contributed by atoms with van der Waals surface area (Å²) in [5, 5.41) is 13.0. The third-order valence-electron chi connectivity index (χ3n) is 3.97. The smallest absolute Gasteiger partial charge is 0.393 e. The molecule has 1 saturated carbocycles. The number of nitrogens with one attached hydrogen (secondary N) is 1. The van der Waals surface area contributed by atoms with E-state index in [4.69, 9.17) is 0 Å². The third-order valence-corrected chi connectivity index (χ3v) is 5.04. The van der Waals surface area contributed by atoms with Crippen LogP contribution in [0.25, 0.3) is 0 Å². The van der Waals surface area contributed by atoms with Gasteiger partial charge in [-0.05, 0) is 50.3 Å². The zero-order valence-electron chi connectivity index (χ0n) is 12.6. The minimum atomic E-state index is -4.14. The predicted octanol–water partition coefficient (Wildman–Crippen LogP) is 4.30. The molecule has 0 bridgehead atoms. The highest BCUT2D eigenvalue weighted by molar-refractivity contribution is 7.99. The number of benzene rings is 1. The lowest BCUT2D eigenvalue weighted by molar-refractivity contribution is -0.105. The summed E-state index contributed by atoms with van der Waals surface area (Å²) in [5.74, 6) is -0.857. The molecule has 1 aliphatic rings. The molecule has 1 aromatic rings. The first kappa shape index (κ1) is 17.6. The summed E-state index contributed by atoms with van der Waals surface area (Å²) < 4.78 is 36.6. The van der Waals surface area contributed by atoms with Crippen LogP contribution in [-0.2, 0) is 0 Å². The highest BCUT2D eigenvalue weighted by Gasteiger charge is 2.27. The Morgan fingerprint density at radius 1 is 1.18 bits per heavy atom. The van der Waals surface area contributed by atoms with Gasteiger partial charge < -0.3 is 10.4 Å². The van der Waals surface area contributed by atoms with Gasteiger partial charge in [0.25, 0.3) is 0 Å². The van der Waals surface area contributed by atoms with Crippen molar-refractivity contribution in [1.82, 2.24) is 5.32 Å². The molecule has 1 aromatic carbocycles. The number of rotatable bonds is 5. The molecule has 22 heavy (non-hydrogen) atoms. The van der Waals surface area contributed by atoms with E-state index in [1.165, 1.54) is 0 Å². The monoisotopic (exact) mass is 333 g/mol. The average Bonchev–Trinajstić information content (AvgIpc) is 2.47.